The summed E-state index contributed by atoms with van der Waals surface area (Å²) >= 11 is 0. The lowest BCUT2D eigenvalue weighted by atomic mass is 9.70. The van der Waals surface area contributed by atoms with E-state index in [9.17, 15) is 4.79 Å². The van der Waals surface area contributed by atoms with Crippen molar-refractivity contribution < 1.29 is 19.0 Å². The van der Waals surface area contributed by atoms with E-state index in [0.717, 1.165) is 62.2 Å². The number of fused-ring (bicyclic) bond motifs is 4. The fraction of sp³-hybridized carbons (Fsp3) is 0.552. The molecule has 6 rings (SSSR count). The molecule has 188 valence electrons. The summed E-state index contributed by atoms with van der Waals surface area (Å²) in [5.74, 6) is 1.36. The molecule has 6 nitrogen and oxygen atoms in total. The number of piperidine rings is 3. The highest BCUT2D eigenvalue weighted by Crippen LogP contribution is 2.45. The minimum absolute atomic E-state index is 0.0145. The molecule has 3 heterocycles. The second-order valence-electron chi connectivity index (χ2n) is 10.9. The molecule has 0 aromatic heterocycles. The largest absolute Gasteiger partial charge is 0.491 e. The molecule has 1 unspecified atom stereocenters. The third kappa shape index (κ3) is 5.19. The number of rotatable bonds is 7. The molecule has 6 heteroatoms. The highest BCUT2D eigenvalue weighted by molar-refractivity contribution is 5.72. The Morgan fingerprint density at radius 3 is 2.66 bits per heavy atom. The Hall–Kier alpha value is -2.57. The zero-order valence-corrected chi connectivity index (χ0v) is 21.2. The summed E-state index contributed by atoms with van der Waals surface area (Å²) in [4.78, 5) is 15.4. The maximum atomic E-state index is 13.0. The molecule has 1 aliphatic carbocycles. The van der Waals surface area contributed by atoms with Crippen molar-refractivity contribution in [1.29, 1.82) is 0 Å². The van der Waals surface area contributed by atoms with Crippen LogP contribution in [-0.2, 0) is 15.9 Å². The molecule has 0 radical (unpaired) electrons. The number of carbonyl (C=O) groups is 1. The number of para-hydroxylation sites is 1. The summed E-state index contributed by atoms with van der Waals surface area (Å²) in [5.41, 5.74) is 4.62. The fourth-order valence-corrected chi connectivity index (χ4v) is 5.97. The lowest BCUT2D eigenvalue weighted by Crippen LogP contribution is -2.53. The van der Waals surface area contributed by atoms with E-state index in [0.29, 0.717) is 19.1 Å². The van der Waals surface area contributed by atoms with Crippen LogP contribution in [-0.4, -0.2) is 57.1 Å². The number of benzene rings is 2. The zero-order valence-electron chi connectivity index (χ0n) is 21.2. The van der Waals surface area contributed by atoms with Crippen LogP contribution in [0.3, 0.4) is 0 Å². The zero-order chi connectivity index (χ0) is 24.4. The van der Waals surface area contributed by atoms with E-state index in [1.807, 2.05) is 18.2 Å². The standard InChI is InChI=1S/C29H38N2O4/c1-29(2)13-10-22-18-21(23-6-4-5-7-25(23)34-17-16-33-3)8-9-24(22)27(29)30-28(32)35-26-19-31-14-11-20(26)12-15-31/h4-9,18,20,26-27H,10-17,19H2,1-3H3,(H,30,32)/t26-,27?/m0/s1. The Kier molecular flexibility index (Phi) is 7.03. The third-order valence-electron chi connectivity index (χ3n) is 8.13. The number of amides is 1. The van der Waals surface area contributed by atoms with Crippen molar-refractivity contribution in [2.75, 3.05) is 40.0 Å². The van der Waals surface area contributed by atoms with Gasteiger partial charge in [0.15, 0.2) is 0 Å². The summed E-state index contributed by atoms with van der Waals surface area (Å²) in [6.45, 7) is 8.69. The first-order valence-corrected chi connectivity index (χ1v) is 13.0. The number of ether oxygens (including phenoxy) is 3. The summed E-state index contributed by atoms with van der Waals surface area (Å²) in [6, 6.07) is 14.6. The summed E-state index contributed by atoms with van der Waals surface area (Å²) in [6.07, 6.45) is 3.98. The minimum Gasteiger partial charge on any atom is -0.491 e. The molecule has 1 N–H and O–H groups in total. The topological polar surface area (TPSA) is 60.0 Å². The number of hydrogen-bond acceptors (Lipinski definition) is 5. The molecule has 2 atom stereocenters. The van der Waals surface area contributed by atoms with E-state index in [1.165, 1.54) is 11.1 Å². The first-order valence-electron chi connectivity index (χ1n) is 13.0. The van der Waals surface area contributed by atoms with Crippen molar-refractivity contribution in [2.24, 2.45) is 11.3 Å². The minimum atomic E-state index is -0.282. The van der Waals surface area contributed by atoms with E-state index in [1.54, 1.807) is 7.11 Å². The molecular formula is C29H38N2O4. The number of hydrogen-bond donors (Lipinski definition) is 1. The van der Waals surface area contributed by atoms with E-state index >= 15 is 0 Å². The Balaban J connectivity index is 1.34. The second kappa shape index (κ2) is 10.2. The summed E-state index contributed by atoms with van der Waals surface area (Å²) in [7, 11) is 1.68. The Bertz CT molecular complexity index is 1040. The van der Waals surface area contributed by atoms with Gasteiger partial charge in [0.05, 0.1) is 12.6 Å². The van der Waals surface area contributed by atoms with Gasteiger partial charge in [-0.1, -0.05) is 50.2 Å². The van der Waals surface area contributed by atoms with E-state index in [-0.39, 0.29) is 23.7 Å². The van der Waals surface area contributed by atoms with Crippen LogP contribution in [0.15, 0.2) is 42.5 Å². The van der Waals surface area contributed by atoms with Crippen molar-refractivity contribution in [3.63, 3.8) is 0 Å². The van der Waals surface area contributed by atoms with Crippen molar-refractivity contribution in [2.45, 2.75) is 51.7 Å². The van der Waals surface area contributed by atoms with Gasteiger partial charge in [-0.25, -0.2) is 4.79 Å². The normalized spacial score (nSPS) is 26.6. The molecule has 35 heavy (non-hydrogen) atoms. The molecule has 0 spiro atoms. The average molecular weight is 479 g/mol. The Morgan fingerprint density at radius 1 is 1.11 bits per heavy atom. The molecule has 3 aliphatic heterocycles. The third-order valence-corrected chi connectivity index (χ3v) is 8.13. The Morgan fingerprint density at radius 2 is 1.91 bits per heavy atom. The van der Waals surface area contributed by atoms with Gasteiger partial charge in [-0.15, -0.1) is 0 Å². The van der Waals surface area contributed by atoms with Crippen LogP contribution in [0.5, 0.6) is 5.75 Å². The van der Waals surface area contributed by atoms with Crippen LogP contribution in [0, 0.1) is 11.3 Å². The van der Waals surface area contributed by atoms with Crippen molar-refractivity contribution in [3.8, 4) is 16.9 Å². The first-order chi connectivity index (χ1) is 16.9. The lowest BCUT2D eigenvalue weighted by molar-refractivity contribution is -0.0353. The quantitative estimate of drug-likeness (QED) is 0.554. The van der Waals surface area contributed by atoms with Gasteiger partial charge in [-0.3, -0.25) is 4.90 Å². The highest BCUT2D eigenvalue weighted by atomic mass is 16.6. The average Bonchev–Trinajstić information content (AvgIpc) is 2.87. The molecule has 1 amide bonds. The molecule has 3 saturated heterocycles. The number of nitrogens with zero attached hydrogens (tertiary/aromatic N) is 1. The van der Waals surface area contributed by atoms with Crippen LogP contribution in [0.4, 0.5) is 4.79 Å². The van der Waals surface area contributed by atoms with Gasteiger partial charge in [-0.05, 0) is 72.9 Å². The number of methoxy groups -OCH3 is 1. The van der Waals surface area contributed by atoms with Crippen molar-refractivity contribution >= 4 is 6.09 Å². The van der Waals surface area contributed by atoms with Gasteiger partial charge >= 0.3 is 6.09 Å². The van der Waals surface area contributed by atoms with Gasteiger partial charge in [0.2, 0.25) is 0 Å². The van der Waals surface area contributed by atoms with Crippen LogP contribution in [0.1, 0.15) is 50.3 Å². The second-order valence-corrected chi connectivity index (χ2v) is 10.9. The van der Waals surface area contributed by atoms with Gasteiger partial charge in [0.25, 0.3) is 0 Å². The molecular weight excluding hydrogens is 440 g/mol. The number of carbonyl (C=O) groups excluding carboxylic acids is 1. The van der Waals surface area contributed by atoms with Crippen LogP contribution in [0.2, 0.25) is 0 Å². The SMILES string of the molecule is COCCOc1ccccc1-c1ccc2c(c1)CCC(C)(C)C2NC(=O)O[C@H]1CN2CCC1CC2. The molecule has 2 aromatic rings. The van der Waals surface area contributed by atoms with Crippen molar-refractivity contribution in [1.82, 2.24) is 10.2 Å². The van der Waals surface area contributed by atoms with Crippen LogP contribution >= 0.6 is 0 Å². The maximum absolute atomic E-state index is 13.0. The Labute approximate surface area is 208 Å². The number of alkyl carbamates (subject to hydrolysis) is 1. The van der Waals surface area contributed by atoms with Crippen LogP contribution in [0.25, 0.3) is 11.1 Å². The fourth-order valence-electron chi connectivity index (χ4n) is 5.97. The predicted octanol–water partition coefficient (Wildman–Crippen LogP) is 5.21. The molecule has 3 fully saturated rings. The van der Waals surface area contributed by atoms with Gasteiger partial charge in [0.1, 0.15) is 18.5 Å². The molecule has 2 bridgehead atoms. The highest BCUT2D eigenvalue weighted by Gasteiger charge is 2.40. The van der Waals surface area contributed by atoms with Gasteiger partial charge in [-0.2, -0.15) is 0 Å². The van der Waals surface area contributed by atoms with Crippen LogP contribution < -0.4 is 10.1 Å². The van der Waals surface area contributed by atoms with E-state index in [4.69, 9.17) is 14.2 Å². The first kappa shape index (κ1) is 24.1. The van der Waals surface area contributed by atoms with E-state index in [2.05, 4.69) is 48.3 Å². The number of aryl methyl sites for hydroxylation is 1. The lowest BCUT2D eigenvalue weighted by Gasteiger charge is -2.44. The van der Waals surface area contributed by atoms with Gasteiger partial charge in [0, 0.05) is 19.2 Å². The molecule has 0 saturated carbocycles. The molecule has 4 aliphatic rings. The van der Waals surface area contributed by atoms with Gasteiger partial charge < -0.3 is 19.5 Å². The summed E-state index contributed by atoms with van der Waals surface area (Å²) < 4.78 is 17.1. The maximum Gasteiger partial charge on any atom is 0.407 e. The van der Waals surface area contributed by atoms with E-state index < -0.39 is 0 Å². The number of nitrogens with one attached hydrogen (secondary N) is 1. The molecule has 2 aromatic carbocycles. The van der Waals surface area contributed by atoms with Crippen molar-refractivity contribution in [3.05, 3.63) is 53.6 Å². The monoisotopic (exact) mass is 478 g/mol. The smallest absolute Gasteiger partial charge is 0.407 e. The summed E-state index contributed by atoms with van der Waals surface area (Å²) in [5, 5.41) is 3.26. The predicted molar refractivity (Wildman–Crippen MR) is 137 cm³/mol.